The average Bonchev–Trinajstić information content (AvgIpc) is 2.76. The van der Waals surface area contributed by atoms with Crippen LogP contribution in [-0.4, -0.2) is 32.6 Å². The molecule has 0 saturated carbocycles. The second kappa shape index (κ2) is 9.17. The number of hydrogen-bond acceptors (Lipinski definition) is 6. The van der Waals surface area contributed by atoms with Crippen molar-refractivity contribution in [1.82, 2.24) is 14.1 Å². The van der Waals surface area contributed by atoms with Crippen LogP contribution in [0.25, 0.3) is 11.0 Å². The predicted octanol–water partition coefficient (Wildman–Crippen LogP) is 2.09. The van der Waals surface area contributed by atoms with Crippen molar-refractivity contribution >= 4 is 28.6 Å². The van der Waals surface area contributed by atoms with Crippen molar-refractivity contribution in [1.29, 1.82) is 0 Å². The van der Waals surface area contributed by atoms with Crippen LogP contribution in [0.1, 0.15) is 41.0 Å². The molecule has 0 aliphatic rings. The summed E-state index contributed by atoms with van der Waals surface area (Å²) in [4.78, 5) is 55.7. The third-order valence-corrected chi connectivity index (χ3v) is 5.22. The first-order valence-corrected chi connectivity index (χ1v) is 10.4. The van der Waals surface area contributed by atoms with Gasteiger partial charge in [0, 0.05) is 18.4 Å². The highest BCUT2D eigenvalue weighted by Gasteiger charge is 2.22. The van der Waals surface area contributed by atoms with Gasteiger partial charge < -0.3 is 10.1 Å². The smallest absolute Gasteiger partial charge is 0.339 e. The predicted molar refractivity (Wildman–Crippen MR) is 121 cm³/mol. The highest BCUT2D eigenvalue weighted by atomic mass is 16.5. The molecule has 32 heavy (non-hydrogen) atoms. The summed E-state index contributed by atoms with van der Waals surface area (Å²) < 4.78 is 7.04. The van der Waals surface area contributed by atoms with E-state index in [2.05, 4.69) is 10.3 Å². The zero-order chi connectivity index (χ0) is 23.6. The number of nitrogens with one attached hydrogen (secondary N) is 1. The molecule has 0 saturated heterocycles. The molecular formula is C23H26N4O5. The number of carbonyl (C=O) groups is 2. The summed E-state index contributed by atoms with van der Waals surface area (Å²) in [5, 5.41) is 2.75. The molecule has 0 unspecified atom stereocenters. The second-order valence-electron chi connectivity index (χ2n) is 7.47. The average molecular weight is 438 g/mol. The molecule has 1 N–H and O–H groups in total. The van der Waals surface area contributed by atoms with Gasteiger partial charge in [-0.05, 0) is 44.4 Å². The zero-order valence-corrected chi connectivity index (χ0v) is 18.8. The number of aromatic nitrogens is 3. The number of aryl methyl sites for hydroxylation is 4. The van der Waals surface area contributed by atoms with Crippen LogP contribution in [0.2, 0.25) is 0 Å². The molecule has 3 rings (SSSR count). The molecule has 1 aromatic carbocycles. The van der Waals surface area contributed by atoms with Crippen LogP contribution in [0.5, 0.6) is 0 Å². The van der Waals surface area contributed by atoms with E-state index in [1.54, 1.807) is 13.8 Å². The topological polar surface area (TPSA) is 112 Å². The summed E-state index contributed by atoms with van der Waals surface area (Å²) in [6.45, 7) is 6.77. The van der Waals surface area contributed by atoms with Crippen molar-refractivity contribution in [3.8, 4) is 0 Å². The lowest BCUT2D eigenvalue weighted by Gasteiger charge is -2.15. The number of ether oxygens (including phenoxy) is 1. The van der Waals surface area contributed by atoms with Crippen LogP contribution in [0.4, 0.5) is 5.69 Å². The fourth-order valence-corrected chi connectivity index (χ4v) is 3.64. The summed E-state index contributed by atoms with van der Waals surface area (Å²) in [6, 6.07) is 7.12. The van der Waals surface area contributed by atoms with E-state index in [0.29, 0.717) is 17.8 Å². The molecule has 0 bridgehead atoms. The Morgan fingerprint density at radius 3 is 2.53 bits per heavy atom. The van der Waals surface area contributed by atoms with Gasteiger partial charge in [-0.25, -0.2) is 14.6 Å². The van der Waals surface area contributed by atoms with Crippen LogP contribution in [0.3, 0.4) is 0 Å². The van der Waals surface area contributed by atoms with Gasteiger partial charge in [0.05, 0.1) is 17.6 Å². The number of rotatable bonds is 6. The van der Waals surface area contributed by atoms with Gasteiger partial charge in [-0.15, -0.1) is 0 Å². The lowest BCUT2D eigenvalue weighted by Crippen LogP contribution is -2.42. The molecule has 1 amide bonds. The normalized spacial score (nSPS) is 10.9. The van der Waals surface area contributed by atoms with Crippen LogP contribution < -0.4 is 16.6 Å². The van der Waals surface area contributed by atoms with Crippen molar-refractivity contribution in [2.45, 2.75) is 40.7 Å². The summed E-state index contributed by atoms with van der Waals surface area (Å²) in [6.07, 6.45) is 0.711. The molecule has 2 heterocycles. The Hall–Kier alpha value is -3.75. The summed E-state index contributed by atoms with van der Waals surface area (Å²) >= 11 is 0. The Balaban J connectivity index is 2.12. The standard InChI is InChI=1S/C23H26N4O5/c1-6-15-10-8-9-13(3)19(15)25-17(28)12-27-21(29)18-16(22(30)32-7-2)11-14(4)24-20(18)26(5)23(27)31/h8-11H,6-7,12H2,1-5H3,(H,25,28). The Kier molecular flexibility index (Phi) is 6.57. The van der Waals surface area contributed by atoms with Gasteiger partial charge in [0.15, 0.2) is 0 Å². The van der Waals surface area contributed by atoms with Gasteiger partial charge in [0.2, 0.25) is 5.91 Å². The number of amides is 1. The van der Waals surface area contributed by atoms with E-state index in [4.69, 9.17) is 4.74 Å². The number of anilines is 1. The number of benzene rings is 1. The maximum atomic E-state index is 13.2. The van der Waals surface area contributed by atoms with Gasteiger partial charge in [-0.1, -0.05) is 25.1 Å². The monoisotopic (exact) mass is 438 g/mol. The summed E-state index contributed by atoms with van der Waals surface area (Å²) in [5.41, 5.74) is 1.54. The Labute approximate surface area is 184 Å². The SMILES string of the molecule is CCOC(=O)c1cc(C)nc2c1c(=O)n(CC(=O)Nc1c(C)cccc1CC)c(=O)n2C. The number of pyridine rings is 1. The maximum Gasteiger partial charge on any atom is 0.339 e. The number of esters is 1. The fraction of sp³-hybridized carbons (Fsp3) is 0.348. The minimum atomic E-state index is -0.769. The van der Waals surface area contributed by atoms with Crippen molar-refractivity contribution < 1.29 is 14.3 Å². The largest absolute Gasteiger partial charge is 0.462 e. The van der Waals surface area contributed by atoms with E-state index in [-0.39, 0.29) is 23.2 Å². The fourth-order valence-electron chi connectivity index (χ4n) is 3.64. The molecule has 0 atom stereocenters. The summed E-state index contributed by atoms with van der Waals surface area (Å²) in [7, 11) is 1.44. The molecule has 9 nitrogen and oxygen atoms in total. The van der Waals surface area contributed by atoms with Crippen LogP contribution >= 0.6 is 0 Å². The maximum absolute atomic E-state index is 13.2. The molecule has 9 heteroatoms. The molecule has 3 aromatic rings. The van der Waals surface area contributed by atoms with E-state index in [1.807, 2.05) is 32.0 Å². The lowest BCUT2D eigenvalue weighted by molar-refractivity contribution is -0.116. The highest BCUT2D eigenvalue weighted by Crippen LogP contribution is 2.21. The molecule has 0 radical (unpaired) electrons. The number of nitrogens with zero attached hydrogens (tertiary/aromatic N) is 3. The molecule has 0 aliphatic heterocycles. The first-order chi connectivity index (χ1) is 15.2. The van der Waals surface area contributed by atoms with Crippen LogP contribution in [0, 0.1) is 13.8 Å². The van der Waals surface area contributed by atoms with Gasteiger partial charge in [-0.2, -0.15) is 0 Å². The zero-order valence-electron chi connectivity index (χ0n) is 18.8. The molecule has 168 valence electrons. The van der Waals surface area contributed by atoms with Gasteiger partial charge in [-0.3, -0.25) is 18.7 Å². The second-order valence-corrected chi connectivity index (χ2v) is 7.47. The van der Waals surface area contributed by atoms with E-state index >= 15 is 0 Å². The Morgan fingerprint density at radius 2 is 1.88 bits per heavy atom. The van der Waals surface area contributed by atoms with Crippen molar-refractivity contribution in [2.24, 2.45) is 7.05 Å². The number of fused-ring (bicyclic) bond motifs is 1. The first-order valence-electron chi connectivity index (χ1n) is 10.4. The molecule has 2 aromatic heterocycles. The van der Waals surface area contributed by atoms with Crippen molar-refractivity contribution in [3.05, 3.63) is 67.5 Å². The molecule has 0 fully saturated rings. The van der Waals surface area contributed by atoms with E-state index < -0.39 is 29.7 Å². The number of carbonyl (C=O) groups excluding carboxylic acids is 2. The Bertz CT molecular complexity index is 1340. The molecule has 0 spiro atoms. The van der Waals surface area contributed by atoms with Gasteiger partial charge in [0.1, 0.15) is 12.2 Å². The van der Waals surface area contributed by atoms with Crippen LogP contribution in [0.15, 0.2) is 33.9 Å². The first kappa shape index (κ1) is 22.9. The Morgan fingerprint density at radius 1 is 1.16 bits per heavy atom. The van der Waals surface area contributed by atoms with E-state index in [0.717, 1.165) is 20.3 Å². The highest BCUT2D eigenvalue weighted by molar-refractivity contribution is 6.02. The molecule has 0 aliphatic carbocycles. The number of para-hydroxylation sites is 1. The van der Waals surface area contributed by atoms with Crippen molar-refractivity contribution in [3.63, 3.8) is 0 Å². The van der Waals surface area contributed by atoms with E-state index in [1.165, 1.54) is 13.1 Å². The minimum Gasteiger partial charge on any atom is -0.462 e. The third-order valence-electron chi connectivity index (χ3n) is 5.22. The third kappa shape index (κ3) is 4.18. The lowest BCUT2D eigenvalue weighted by atomic mass is 10.1. The van der Waals surface area contributed by atoms with Crippen molar-refractivity contribution in [2.75, 3.05) is 11.9 Å². The molecular weight excluding hydrogens is 412 g/mol. The van der Waals surface area contributed by atoms with Gasteiger partial charge >= 0.3 is 11.7 Å². The summed E-state index contributed by atoms with van der Waals surface area (Å²) in [5.74, 6) is -1.22. The quantitative estimate of drug-likeness (QED) is 0.590. The van der Waals surface area contributed by atoms with Gasteiger partial charge in [0.25, 0.3) is 5.56 Å². The minimum absolute atomic E-state index is 0.0104. The van der Waals surface area contributed by atoms with E-state index in [9.17, 15) is 19.2 Å². The van der Waals surface area contributed by atoms with Crippen LogP contribution in [-0.2, 0) is 29.5 Å². The number of hydrogen-bond donors (Lipinski definition) is 1.